The van der Waals surface area contributed by atoms with Gasteiger partial charge in [-0.1, -0.05) is 42.5 Å². The summed E-state index contributed by atoms with van der Waals surface area (Å²) in [5.41, 5.74) is 2.37. The highest BCUT2D eigenvalue weighted by atomic mass is 16.6. The van der Waals surface area contributed by atoms with Gasteiger partial charge < -0.3 is 14.4 Å². The van der Waals surface area contributed by atoms with E-state index in [0.29, 0.717) is 18.2 Å². The van der Waals surface area contributed by atoms with Gasteiger partial charge in [0.05, 0.1) is 30.7 Å². The summed E-state index contributed by atoms with van der Waals surface area (Å²) < 4.78 is 10.4. The molecule has 0 aromatic heterocycles. The van der Waals surface area contributed by atoms with Crippen LogP contribution in [0.5, 0.6) is 0 Å². The third-order valence-electron chi connectivity index (χ3n) is 6.34. The smallest absolute Gasteiger partial charge is 0.410 e. The van der Waals surface area contributed by atoms with Crippen molar-refractivity contribution in [3.63, 3.8) is 0 Å². The number of carbonyl (C=O) groups excluding carboxylic acids is 2. The van der Waals surface area contributed by atoms with E-state index in [-0.39, 0.29) is 30.6 Å². The molecule has 1 amide bonds. The molecule has 0 aliphatic carbocycles. The molecule has 0 N–H and O–H groups in total. The quantitative estimate of drug-likeness (QED) is 0.668. The van der Waals surface area contributed by atoms with Crippen LogP contribution in [0.4, 0.5) is 4.79 Å². The van der Waals surface area contributed by atoms with Gasteiger partial charge in [-0.15, -0.1) is 0 Å². The summed E-state index contributed by atoms with van der Waals surface area (Å²) in [6.45, 7) is 2.38. The van der Waals surface area contributed by atoms with Gasteiger partial charge in [-0.25, -0.2) is 9.59 Å². The number of carbonyl (C=O) groups is 2. The SMILES string of the molecule is COC(=O)c1ccc([C@@H]2CC(N3CC(C#N)C3)CCN2C(=O)OCc2ccccc2)cc1. The van der Waals surface area contributed by atoms with Crippen LogP contribution in [0.2, 0.25) is 0 Å². The number of nitrogens with zero attached hydrogens (tertiary/aromatic N) is 3. The summed E-state index contributed by atoms with van der Waals surface area (Å²) in [5, 5.41) is 9.11. The fourth-order valence-corrected chi connectivity index (χ4v) is 4.47. The first kappa shape index (κ1) is 21.8. The number of methoxy groups -OCH3 is 1. The average molecular weight is 434 g/mol. The van der Waals surface area contributed by atoms with Crippen molar-refractivity contribution in [2.75, 3.05) is 26.7 Å². The van der Waals surface area contributed by atoms with E-state index in [9.17, 15) is 9.59 Å². The molecule has 0 saturated carbocycles. The van der Waals surface area contributed by atoms with E-state index in [2.05, 4.69) is 11.0 Å². The Bertz CT molecular complexity index is 980. The van der Waals surface area contributed by atoms with E-state index in [1.54, 1.807) is 17.0 Å². The number of nitriles is 1. The van der Waals surface area contributed by atoms with Crippen molar-refractivity contribution >= 4 is 12.1 Å². The molecule has 2 saturated heterocycles. The van der Waals surface area contributed by atoms with E-state index in [0.717, 1.165) is 37.1 Å². The first-order chi connectivity index (χ1) is 15.6. The second-order valence-electron chi connectivity index (χ2n) is 8.32. The molecule has 0 spiro atoms. The Balaban J connectivity index is 1.49. The number of benzene rings is 2. The van der Waals surface area contributed by atoms with Gasteiger partial charge in [-0.05, 0) is 36.1 Å². The van der Waals surface area contributed by atoms with E-state index < -0.39 is 0 Å². The second kappa shape index (κ2) is 9.84. The lowest BCUT2D eigenvalue weighted by molar-refractivity contribution is 0.00902. The van der Waals surface area contributed by atoms with E-state index in [1.807, 2.05) is 42.5 Å². The largest absolute Gasteiger partial charge is 0.465 e. The lowest BCUT2D eigenvalue weighted by Gasteiger charge is -2.47. The topological polar surface area (TPSA) is 82.9 Å². The van der Waals surface area contributed by atoms with Crippen LogP contribution in [-0.2, 0) is 16.1 Å². The predicted molar refractivity (Wildman–Crippen MR) is 118 cm³/mol. The van der Waals surface area contributed by atoms with Crippen molar-refractivity contribution in [1.29, 1.82) is 5.26 Å². The lowest BCUT2D eigenvalue weighted by Crippen LogP contribution is -2.56. The number of esters is 1. The van der Waals surface area contributed by atoms with Crippen LogP contribution in [-0.4, -0.2) is 54.6 Å². The first-order valence-electron chi connectivity index (χ1n) is 10.9. The molecule has 1 unspecified atom stereocenters. The van der Waals surface area contributed by atoms with Crippen molar-refractivity contribution in [3.05, 3.63) is 71.3 Å². The van der Waals surface area contributed by atoms with Crippen molar-refractivity contribution in [3.8, 4) is 6.07 Å². The predicted octanol–water partition coefficient (Wildman–Crippen LogP) is 3.77. The standard InChI is InChI=1S/C25H27N3O4/c1-31-24(29)21-9-7-20(8-10-21)23-13-22(27-15-19(14-26)16-27)11-12-28(23)25(30)32-17-18-5-3-2-4-6-18/h2-10,19,22-23H,11-13,15-17H2,1H3/t22?,23-/m0/s1. The van der Waals surface area contributed by atoms with Crippen LogP contribution < -0.4 is 0 Å². The Morgan fingerprint density at radius 1 is 1.09 bits per heavy atom. The van der Waals surface area contributed by atoms with Gasteiger partial charge in [0, 0.05) is 25.7 Å². The van der Waals surface area contributed by atoms with Gasteiger partial charge in [-0.2, -0.15) is 5.26 Å². The third-order valence-corrected chi connectivity index (χ3v) is 6.34. The Labute approximate surface area is 188 Å². The molecule has 0 bridgehead atoms. The molecule has 2 fully saturated rings. The first-order valence-corrected chi connectivity index (χ1v) is 10.9. The van der Waals surface area contributed by atoms with Crippen LogP contribution in [0.3, 0.4) is 0 Å². The molecule has 2 aromatic rings. The second-order valence-corrected chi connectivity index (χ2v) is 8.32. The monoisotopic (exact) mass is 433 g/mol. The maximum Gasteiger partial charge on any atom is 0.410 e. The summed E-state index contributed by atoms with van der Waals surface area (Å²) in [4.78, 5) is 28.9. The Kier molecular flexibility index (Phi) is 6.72. The van der Waals surface area contributed by atoms with Crippen LogP contribution in [0, 0.1) is 17.2 Å². The fourth-order valence-electron chi connectivity index (χ4n) is 4.47. The summed E-state index contributed by atoms with van der Waals surface area (Å²) >= 11 is 0. The van der Waals surface area contributed by atoms with Gasteiger partial charge in [0.15, 0.2) is 0 Å². The molecule has 32 heavy (non-hydrogen) atoms. The van der Waals surface area contributed by atoms with Gasteiger partial charge >= 0.3 is 12.1 Å². The summed E-state index contributed by atoms with van der Waals surface area (Å²) in [5.74, 6) is -0.290. The summed E-state index contributed by atoms with van der Waals surface area (Å²) in [7, 11) is 1.36. The molecule has 0 radical (unpaired) electrons. The number of amides is 1. The molecular weight excluding hydrogens is 406 g/mol. The number of hydrogen-bond acceptors (Lipinski definition) is 6. The molecule has 2 aromatic carbocycles. The molecule has 2 aliphatic heterocycles. The van der Waals surface area contributed by atoms with Gasteiger partial charge in [0.2, 0.25) is 0 Å². The number of piperidine rings is 1. The fraction of sp³-hybridized carbons (Fsp3) is 0.400. The lowest BCUT2D eigenvalue weighted by atomic mass is 9.87. The summed E-state index contributed by atoms with van der Waals surface area (Å²) in [6.07, 6.45) is 1.26. The molecular formula is C25H27N3O4. The minimum Gasteiger partial charge on any atom is -0.465 e. The number of likely N-dealkylation sites (tertiary alicyclic amines) is 2. The summed E-state index contributed by atoms with van der Waals surface area (Å²) in [6, 6.07) is 19.3. The van der Waals surface area contributed by atoms with Crippen molar-refractivity contribution in [2.24, 2.45) is 5.92 Å². The minimum absolute atomic E-state index is 0.0988. The highest BCUT2D eigenvalue weighted by molar-refractivity contribution is 5.89. The molecule has 7 nitrogen and oxygen atoms in total. The average Bonchev–Trinajstić information content (AvgIpc) is 2.82. The Morgan fingerprint density at radius 3 is 2.47 bits per heavy atom. The maximum absolute atomic E-state index is 13.0. The normalized spacial score (nSPS) is 21.3. The molecule has 4 rings (SSSR count). The Hall–Kier alpha value is -3.37. The van der Waals surface area contributed by atoms with Crippen molar-refractivity contribution in [1.82, 2.24) is 9.80 Å². The highest BCUT2D eigenvalue weighted by Crippen LogP contribution is 2.36. The van der Waals surface area contributed by atoms with Crippen molar-refractivity contribution < 1.29 is 19.1 Å². The zero-order valence-corrected chi connectivity index (χ0v) is 18.1. The molecule has 7 heteroatoms. The maximum atomic E-state index is 13.0. The van der Waals surface area contributed by atoms with Gasteiger partial charge in [0.25, 0.3) is 0 Å². The van der Waals surface area contributed by atoms with Gasteiger partial charge in [0.1, 0.15) is 6.61 Å². The van der Waals surface area contributed by atoms with E-state index >= 15 is 0 Å². The molecule has 166 valence electrons. The molecule has 2 atom stereocenters. The van der Waals surface area contributed by atoms with Crippen LogP contribution in [0.1, 0.15) is 40.4 Å². The van der Waals surface area contributed by atoms with Crippen molar-refractivity contribution in [2.45, 2.75) is 31.5 Å². The third kappa shape index (κ3) is 4.76. The van der Waals surface area contributed by atoms with Crippen LogP contribution in [0.25, 0.3) is 0 Å². The number of ether oxygens (including phenoxy) is 2. The van der Waals surface area contributed by atoms with E-state index in [1.165, 1.54) is 7.11 Å². The van der Waals surface area contributed by atoms with Crippen LogP contribution >= 0.6 is 0 Å². The van der Waals surface area contributed by atoms with Gasteiger partial charge in [-0.3, -0.25) is 4.90 Å². The minimum atomic E-state index is -0.389. The Morgan fingerprint density at radius 2 is 1.81 bits per heavy atom. The number of hydrogen-bond donors (Lipinski definition) is 0. The van der Waals surface area contributed by atoms with Crippen LogP contribution in [0.15, 0.2) is 54.6 Å². The zero-order chi connectivity index (χ0) is 22.5. The zero-order valence-electron chi connectivity index (χ0n) is 18.1. The number of rotatable bonds is 5. The van der Waals surface area contributed by atoms with E-state index in [4.69, 9.17) is 14.7 Å². The highest BCUT2D eigenvalue weighted by Gasteiger charge is 2.40. The molecule has 2 heterocycles. The molecule has 2 aliphatic rings.